The topological polar surface area (TPSA) is 71.0 Å². The molecule has 1 N–H and O–H groups in total. The monoisotopic (exact) mass is 361 g/mol. The number of halogens is 1. The van der Waals surface area contributed by atoms with Crippen LogP contribution in [0.1, 0.15) is 29.6 Å². The van der Waals surface area contributed by atoms with E-state index in [2.05, 4.69) is 41.1 Å². The summed E-state index contributed by atoms with van der Waals surface area (Å²) < 4.78 is 0.761. The van der Waals surface area contributed by atoms with Crippen molar-refractivity contribution >= 4 is 33.5 Å². The second kappa shape index (κ2) is 6.83. The van der Waals surface area contributed by atoms with Gasteiger partial charge in [0.2, 0.25) is 0 Å². The molecular weight excluding hydrogens is 346 g/mol. The Hall–Kier alpha value is -2.02. The average Bonchev–Trinajstić information content (AvgIpc) is 2.56. The highest BCUT2D eigenvalue weighted by atomic mass is 79.9. The van der Waals surface area contributed by atoms with E-state index >= 15 is 0 Å². The standard InChI is InChI=1S/C15H16BrN5O/c16-12-6-11(8-17-9-12)15(22)20-13-7-14(19-10-18-13)21-4-2-1-3-5-21/h6-10H,1-5H2,(H,18,19,20,22). The highest BCUT2D eigenvalue weighted by Crippen LogP contribution is 2.19. The van der Waals surface area contributed by atoms with Gasteiger partial charge in [-0.1, -0.05) is 0 Å². The molecule has 1 saturated heterocycles. The molecule has 6 nitrogen and oxygen atoms in total. The Kier molecular flexibility index (Phi) is 4.62. The molecule has 7 heteroatoms. The van der Waals surface area contributed by atoms with Crippen LogP contribution < -0.4 is 10.2 Å². The van der Waals surface area contributed by atoms with E-state index in [0.717, 1.165) is 23.4 Å². The molecule has 3 rings (SSSR count). The first-order chi connectivity index (χ1) is 10.7. The number of carbonyl (C=O) groups excluding carboxylic acids is 1. The van der Waals surface area contributed by atoms with Crippen molar-refractivity contribution < 1.29 is 4.79 Å². The summed E-state index contributed by atoms with van der Waals surface area (Å²) in [5.41, 5.74) is 0.479. The van der Waals surface area contributed by atoms with Gasteiger partial charge >= 0.3 is 0 Å². The minimum atomic E-state index is -0.239. The summed E-state index contributed by atoms with van der Waals surface area (Å²) in [6.45, 7) is 2.00. The number of piperidine rings is 1. The van der Waals surface area contributed by atoms with Crippen molar-refractivity contribution in [2.24, 2.45) is 0 Å². The number of rotatable bonds is 3. The van der Waals surface area contributed by atoms with Gasteiger partial charge in [0.25, 0.3) is 5.91 Å². The lowest BCUT2D eigenvalue weighted by Gasteiger charge is -2.27. The molecule has 2 aromatic rings. The van der Waals surface area contributed by atoms with Crippen molar-refractivity contribution in [2.75, 3.05) is 23.3 Å². The Labute approximate surface area is 137 Å². The second-order valence-electron chi connectivity index (χ2n) is 5.16. The van der Waals surface area contributed by atoms with Gasteiger partial charge in [-0.25, -0.2) is 9.97 Å². The third-order valence-electron chi connectivity index (χ3n) is 3.54. The van der Waals surface area contributed by atoms with E-state index in [1.165, 1.54) is 31.8 Å². The smallest absolute Gasteiger partial charge is 0.258 e. The van der Waals surface area contributed by atoms with Gasteiger partial charge in [-0.05, 0) is 41.3 Å². The molecule has 22 heavy (non-hydrogen) atoms. The first kappa shape index (κ1) is 14.9. The molecular formula is C15H16BrN5O. The van der Waals surface area contributed by atoms with Gasteiger partial charge in [0.05, 0.1) is 5.56 Å². The average molecular weight is 362 g/mol. The van der Waals surface area contributed by atoms with Gasteiger partial charge in [0.1, 0.15) is 18.0 Å². The number of aromatic nitrogens is 3. The SMILES string of the molecule is O=C(Nc1cc(N2CCCCC2)ncn1)c1cncc(Br)c1. The number of carbonyl (C=O) groups is 1. The predicted octanol–water partition coefficient (Wildman–Crippen LogP) is 2.88. The van der Waals surface area contributed by atoms with Crippen LogP contribution in [-0.2, 0) is 0 Å². The maximum absolute atomic E-state index is 12.2. The summed E-state index contributed by atoms with van der Waals surface area (Å²) in [5, 5.41) is 2.79. The summed E-state index contributed by atoms with van der Waals surface area (Å²) >= 11 is 3.30. The molecule has 0 radical (unpaired) electrons. The second-order valence-corrected chi connectivity index (χ2v) is 6.07. The van der Waals surface area contributed by atoms with E-state index in [1.54, 1.807) is 12.3 Å². The van der Waals surface area contributed by atoms with Gasteiger partial charge < -0.3 is 10.2 Å². The summed E-state index contributed by atoms with van der Waals surface area (Å²) in [7, 11) is 0. The molecule has 114 valence electrons. The molecule has 0 aromatic carbocycles. The van der Waals surface area contributed by atoms with Crippen LogP contribution in [0.5, 0.6) is 0 Å². The van der Waals surface area contributed by atoms with Crippen molar-refractivity contribution in [1.29, 1.82) is 0 Å². The zero-order chi connectivity index (χ0) is 15.4. The van der Waals surface area contributed by atoms with E-state index in [0.29, 0.717) is 11.4 Å². The van der Waals surface area contributed by atoms with Gasteiger partial charge in [0, 0.05) is 36.0 Å². The summed E-state index contributed by atoms with van der Waals surface area (Å²) in [4.78, 5) is 26.8. The molecule has 0 bridgehead atoms. The minimum absolute atomic E-state index is 0.239. The Balaban J connectivity index is 1.73. The van der Waals surface area contributed by atoms with Crippen molar-refractivity contribution in [1.82, 2.24) is 15.0 Å². The van der Waals surface area contributed by atoms with Crippen LogP contribution in [0.15, 0.2) is 35.3 Å². The van der Waals surface area contributed by atoms with E-state index in [9.17, 15) is 4.79 Å². The number of pyridine rings is 1. The first-order valence-electron chi connectivity index (χ1n) is 7.21. The van der Waals surface area contributed by atoms with Gasteiger partial charge in [-0.3, -0.25) is 9.78 Å². The third-order valence-corrected chi connectivity index (χ3v) is 3.98. The number of anilines is 2. The quantitative estimate of drug-likeness (QED) is 0.909. The number of hydrogen-bond acceptors (Lipinski definition) is 5. The molecule has 0 spiro atoms. The maximum atomic E-state index is 12.2. The van der Waals surface area contributed by atoms with Gasteiger partial charge in [0.15, 0.2) is 0 Å². The van der Waals surface area contributed by atoms with Crippen LogP contribution in [0, 0.1) is 0 Å². The molecule has 1 aliphatic rings. The van der Waals surface area contributed by atoms with Gasteiger partial charge in [-0.15, -0.1) is 0 Å². The van der Waals surface area contributed by atoms with Crippen LogP contribution >= 0.6 is 15.9 Å². The van der Waals surface area contributed by atoms with E-state index in [4.69, 9.17) is 0 Å². The predicted molar refractivity (Wildman–Crippen MR) is 88.0 cm³/mol. The molecule has 0 atom stereocenters. The number of nitrogens with one attached hydrogen (secondary N) is 1. The highest BCUT2D eigenvalue weighted by molar-refractivity contribution is 9.10. The summed E-state index contributed by atoms with van der Waals surface area (Å²) in [5.74, 6) is 1.12. The van der Waals surface area contributed by atoms with E-state index in [1.807, 2.05) is 6.07 Å². The molecule has 3 heterocycles. The Bertz CT molecular complexity index is 672. The molecule has 0 saturated carbocycles. The Morgan fingerprint density at radius 3 is 2.73 bits per heavy atom. The van der Waals surface area contributed by atoms with Crippen molar-refractivity contribution in [3.63, 3.8) is 0 Å². The lowest BCUT2D eigenvalue weighted by molar-refractivity contribution is 0.102. The van der Waals surface area contributed by atoms with Crippen molar-refractivity contribution in [3.8, 4) is 0 Å². The largest absolute Gasteiger partial charge is 0.356 e. The Morgan fingerprint density at radius 1 is 1.14 bits per heavy atom. The van der Waals surface area contributed by atoms with Crippen LogP contribution in [-0.4, -0.2) is 33.9 Å². The van der Waals surface area contributed by atoms with Crippen molar-refractivity contribution in [3.05, 3.63) is 40.9 Å². The van der Waals surface area contributed by atoms with Crippen LogP contribution in [0.4, 0.5) is 11.6 Å². The molecule has 1 aliphatic heterocycles. The molecule has 0 unspecified atom stereocenters. The normalized spacial score (nSPS) is 14.7. The zero-order valence-corrected chi connectivity index (χ0v) is 13.6. The summed E-state index contributed by atoms with van der Waals surface area (Å²) in [6.07, 6.45) is 8.26. The van der Waals surface area contributed by atoms with Crippen LogP contribution in [0.25, 0.3) is 0 Å². The maximum Gasteiger partial charge on any atom is 0.258 e. The number of amides is 1. The minimum Gasteiger partial charge on any atom is -0.356 e. The fourth-order valence-corrected chi connectivity index (χ4v) is 2.80. The lowest BCUT2D eigenvalue weighted by Crippen LogP contribution is -2.30. The van der Waals surface area contributed by atoms with Crippen LogP contribution in [0.2, 0.25) is 0 Å². The molecule has 1 fully saturated rings. The molecule has 2 aromatic heterocycles. The van der Waals surface area contributed by atoms with E-state index in [-0.39, 0.29) is 5.91 Å². The molecule has 1 amide bonds. The first-order valence-corrected chi connectivity index (χ1v) is 8.00. The third kappa shape index (κ3) is 3.59. The Morgan fingerprint density at radius 2 is 1.95 bits per heavy atom. The van der Waals surface area contributed by atoms with Crippen LogP contribution in [0.3, 0.4) is 0 Å². The zero-order valence-electron chi connectivity index (χ0n) is 12.0. The fraction of sp³-hybridized carbons (Fsp3) is 0.333. The fourth-order valence-electron chi connectivity index (χ4n) is 2.44. The number of hydrogen-bond donors (Lipinski definition) is 1. The van der Waals surface area contributed by atoms with Crippen molar-refractivity contribution in [2.45, 2.75) is 19.3 Å². The van der Waals surface area contributed by atoms with E-state index < -0.39 is 0 Å². The summed E-state index contributed by atoms with van der Waals surface area (Å²) in [6, 6.07) is 3.53. The number of nitrogens with zero attached hydrogens (tertiary/aromatic N) is 4. The molecule has 0 aliphatic carbocycles. The lowest BCUT2D eigenvalue weighted by atomic mass is 10.1. The van der Waals surface area contributed by atoms with Gasteiger partial charge in [-0.2, -0.15) is 0 Å². The highest BCUT2D eigenvalue weighted by Gasteiger charge is 2.14.